The molecule has 0 aliphatic carbocycles. The number of quaternary nitrogens is 1. The van der Waals surface area contributed by atoms with Crippen LogP contribution in [0.15, 0.2) is 72.9 Å². The highest BCUT2D eigenvalue weighted by Crippen LogP contribution is 2.43. The predicted octanol–water partition coefficient (Wildman–Crippen LogP) is 12.7. The van der Waals surface area contributed by atoms with Crippen LogP contribution in [-0.2, 0) is 27.9 Å². The summed E-state index contributed by atoms with van der Waals surface area (Å²) in [6, 6.07) is 0. The lowest BCUT2D eigenvalue weighted by Crippen LogP contribution is -2.37. The second kappa shape index (κ2) is 38.8. The third-order valence-corrected chi connectivity index (χ3v) is 9.74. The van der Waals surface area contributed by atoms with E-state index >= 15 is 0 Å². The smallest absolute Gasteiger partial charge is 0.457 e. The number of carbonyl (C=O) groups excluding carboxylic acids is 1. The van der Waals surface area contributed by atoms with Crippen molar-refractivity contribution in [1.82, 2.24) is 0 Å². The first kappa shape index (κ1) is 52.9. The Kier molecular flexibility index (Phi) is 37.3. The van der Waals surface area contributed by atoms with Gasteiger partial charge in [0.25, 0.3) is 0 Å². The van der Waals surface area contributed by atoms with Crippen molar-refractivity contribution < 1.29 is 37.3 Å². The van der Waals surface area contributed by atoms with Crippen LogP contribution >= 0.6 is 7.82 Å². The van der Waals surface area contributed by atoms with Gasteiger partial charge in [-0.1, -0.05) is 138 Å². The van der Waals surface area contributed by atoms with Crippen molar-refractivity contribution in [2.24, 2.45) is 0 Å². The minimum absolute atomic E-state index is 0.0779. The van der Waals surface area contributed by atoms with Gasteiger partial charge in [0.05, 0.1) is 34.4 Å². The number of carbonyl (C=O) groups is 1. The molecule has 9 heteroatoms. The fourth-order valence-corrected chi connectivity index (χ4v) is 6.14. The Morgan fingerprint density at radius 3 is 1.58 bits per heavy atom. The standard InChI is InChI=1S/C46H82NO7P/c1-6-8-10-12-14-16-18-20-22-23-24-26-28-30-32-34-36-38-41-51-43-45(44-53-55(49,50)52-42-40-47(3,4)5)54-46(48)39-37-35-33-31-29-27-25-21-19-17-15-13-11-9-7-2/h8,10,14-17,20-22,24-26,45H,6-7,9,11-13,18-19,23,27-44H2,1-5H3/p+1/b10-8-,16-14-,17-15-,22-20-,25-21-,26-24-. The largest absolute Gasteiger partial charge is 0.472 e. The molecule has 8 nitrogen and oxygen atoms in total. The molecule has 0 fully saturated rings. The maximum absolute atomic E-state index is 12.7. The normalized spacial score (nSPS) is 14.5. The summed E-state index contributed by atoms with van der Waals surface area (Å²) in [7, 11) is 1.63. The van der Waals surface area contributed by atoms with Crippen molar-refractivity contribution in [1.29, 1.82) is 0 Å². The number of phosphoric acid groups is 1. The average molecular weight is 793 g/mol. The Bertz CT molecular complexity index is 1110. The van der Waals surface area contributed by atoms with Gasteiger partial charge >= 0.3 is 13.8 Å². The lowest BCUT2D eigenvalue weighted by Gasteiger charge is -2.24. The lowest BCUT2D eigenvalue weighted by atomic mass is 10.1. The number of ether oxygens (including phenoxy) is 2. The molecule has 0 aromatic heterocycles. The molecule has 0 saturated carbocycles. The molecule has 0 bridgehead atoms. The van der Waals surface area contributed by atoms with E-state index < -0.39 is 13.9 Å². The van der Waals surface area contributed by atoms with Crippen LogP contribution in [0.2, 0.25) is 0 Å². The number of nitrogens with zero attached hydrogens (tertiary/aromatic N) is 1. The molecule has 55 heavy (non-hydrogen) atoms. The first-order valence-electron chi connectivity index (χ1n) is 21.7. The summed E-state index contributed by atoms with van der Waals surface area (Å²) >= 11 is 0. The van der Waals surface area contributed by atoms with Crippen molar-refractivity contribution in [3.05, 3.63) is 72.9 Å². The van der Waals surface area contributed by atoms with Crippen molar-refractivity contribution in [3.63, 3.8) is 0 Å². The molecule has 0 rings (SSSR count). The van der Waals surface area contributed by atoms with E-state index in [9.17, 15) is 14.3 Å². The van der Waals surface area contributed by atoms with Crippen LogP contribution in [-0.4, -0.2) is 75.6 Å². The Labute approximate surface area is 338 Å². The van der Waals surface area contributed by atoms with E-state index in [1.807, 2.05) is 21.1 Å². The zero-order valence-corrected chi connectivity index (χ0v) is 36.8. The van der Waals surface area contributed by atoms with E-state index in [2.05, 4.69) is 86.8 Å². The summed E-state index contributed by atoms with van der Waals surface area (Å²) in [6.07, 6.45) is 49.3. The lowest BCUT2D eigenvalue weighted by molar-refractivity contribution is -0.870. The van der Waals surface area contributed by atoms with Gasteiger partial charge in [-0.05, 0) is 83.5 Å². The molecule has 0 radical (unpaired) electrons. The summed E-state index contributed by atoms with van der Waals surface area (Å²) in [5.74, 6) is -0.338. The Balaban J connectivity index is 4.32. The Morgan fingerprint density at radius 1 is 0.582 bits per heavy atom. The summed E-state index contributed by atoms with van der Waals surface area (Å²) in [6.45, 7) is 5.40. The van der Waals surface area contributed by atoms with Crippen LogP contribution in [0.3, 0.4) is 0 Å². The molecule has 1 N–H and O–H groups in total. The van der Waals surface area contributed by atoms with Crippen LogP contribution < -0.4 is 0 Å². The molecule has 0 aromatic carbocycles. The van der Waals surface area contributed by atoms with Crippen LogP contribution in [0.5, 0.6) is 0 Å². The quantitative estimate of drug-likeness (QED) is 0.0218. The first-order chi connectivity index (χ1) is 26.6. The van der Waals surface area contributed by atoms with E-state index in [1.54, 1.807) is 0 Å². The molecule has 0 spiro atoms. The van der Waals surface area contributed by atoms with Crippen LogP contribution in [0, 0.1) is 0 Å². The second-order valence-electron chi connectivity index (χ2n) is 15.3. The molecule has 0 saturated heterocycles. The van der Waals surface area contributed by atoms with E-state index in [0.717, 1.165) is 96.3 Å². The summed E-state index contributed by atoms with van der Waals surface area (Å²) in [5, 5.41) is 0. The zero-order valence-electron chi connectivity index (χ0n) is 35.9. The highest BCUT2D eigenvalue weighted by Gasteiger charge is 2.26. The van der Waals surface area contributed by atoms with Crippen LogP contribution in [0.25, 0.3) is 0 Å². The third kappa shape index (κ3) is 42.9. The molecule has 0 aliphatic heterocycles. The first-order valence-corrected chi connectivity index (χ1v) is 23.2. The van der Waals surface area contributed by atoms with Gasteiger partial charge in [0.1, 0.15) is 19.3 Å². The topological polar surface area (TPSA) is 91.3 Å². The molecule has 0 aliphatic rings. The van der Waals surface area contributed by atoms with Gasteiger partial charge in [-0.25, -0.2) is 4.57 Å². The van der Waals surface area contributed by atoms with Gasteiger partial charge in [0.2, 0.25) is 0 Å². The number of allylic oxidation sites excluding steroid dienone is 12. The fraction of sp³-hybridized carbons (Fsp3) is 0.717. The molecule has 0 aromatic rings. The fourth-order valence-electron chi connectivity index (χ4n) is 5.40. The summed E-state index contributed by atoms with van der Waals surface area (Å²) in [4.78, 5) is 22.9. The maximum atomic E-state index is 12.7. The van der Waals surface area contributed by atoms with Crippen molar-refractivity contribution in [2.75, 3.05) is 54.1 Å². The number of unbranched alkanes of at least 4 members (excludes halogenated alkanes) is 13. The molecular weight excluding hydrogens is 709 g/mol. The van der Waals surface area contributed by atoms with Gasteiger partial charge in [-0.3, -0.25) is 13.8 Å². The van der Waals surface area contributed by atoms with E-state index in [4.69, 9.17) is 18.5 Å². The summed E-state index contributed by atoms with van der Waals surface area (Å²) < 4.78 is 34.9. The Hall–Kier alpha value is -2.06. The van der Waals surface area contributed by atoms with Crippen molar-refractivity contribution in [3.8, 4) is 0 Å². The second-order valence-corrected chi connectivity index (χ2v) is 16.8. The van der Waals surface area contributed by atoms with E-state index in [0.29, 0.717) is 24.1 Å². The Morgan fingerprint density at radius 2 is 1.05 bits per heavy atom. The molecule has 2 atom stereocenters. The number of likely N-dealkylation sites (N-methyl/N-ethyl adjacent to an activating group) is 1. The average Bonchev–Trinajstić information content (AvgIpc) is 3.13. The molecule has 2 unspecified atom stereocenters. The summed E-state index contributed by atoms with van der Waals surface area (Å²) in [5.41, 5.74) is 0. The zero-order chi connectivity index (χ0) is 40.6. The number of phosphoric ester groups is 1. The number of rotatable bonds is 39. The van der Waals surface area contributed by atoms with Crippen LogP contribution in [0.4, 0.5) is 0 Å². The number of hydrogen-bond donors (Lipinski definition) is 1. The van der Waals surface area contributed by atoms with Gasteiger partial charge in [0.15, 0.2) is 0 Å². The van der Waals surface area contributed by atoms with Gasteiger partial charge in [0, 0.05) is 13.0 Å². The van der Waals surface area contributed by atoms with Crippen LogP contribution in [0.1, 0.15) is 155 Å². The molecule has 318 valence electrons. The van der Waals surface area contributed by atoms with Gasteiger partial charge < -0.3 is 18.9 Å². The molecule has 0 heterocycles. The van der Waals surface area contributed by atoms with Crippen molar-refractivity contribution in [2.45, 2.75) is 161 Å². The minimum atomic E-state index is -4.29. The molecular formula is C46H83NO7P+. The minimum Gasteiger partial charge on any atom is -0.457 e. The van der Waals surface area contributed by atoms with E-state index in [-0.39, 0.29) is 25.8 Å². The SMILES string of the molecule is CC/C=C\C/C=C\C/C=C\C/C=C\CCCCCCCOCC(COP(=O)(O)OCC[N+](C)(C)C)OC(=O)CCCCCCC/C=C\C/C=C\CCCCC. The highest BCUT2D eigenvalue weighted by molar-refractivity contribution is 7.47. The van der Waals surface area contributed by atoms with Gasteiger partial charge in [-0.2, -0.15) is 0 Å². The monoisotopic (exact) mass is 793 g/mol. The van der Waals surface area contributed by atoms with E-state index in [1.165, 1.54) is 38.5 Å². The van der Waals surface area contributed by atoms with Gasteiger partial charge in [-0.15, -0.1) is 0 Å². The number of esters is 1. The number of hydrogen-bond acceptors (Lipinski definition) is 6. The maximum Gasteiger partial charge on any atom is 0.472 e. The molecule has 0 amide bonds. The predicted molar refractivity (Wildman–Crippen MR) is 233 cm³/mol. The van der Waals surface area contributed by atoms with Crippen molar-refractivity contribution >= 4 is 13.8 Å². The third-order valence-electron chi connectivity index (χ3n) is 8.75. The highest BCUT2D eigenvalue weighted by atomic mass is 31.2.